The molecule has 3 atom stereocenters. The summed E-state index contributed by atoms with van der Waals surface area (Å²) in [5, 5.41) is 3.16. The minimum Gasteiger partial charge on any atom is -0.354 e. The fourth-order valence-corrected chi connectivity index (χ4v) is 4.02. The highest BCUT2D eigenvalue weighted by Gasteiger charge is 2.27. The minimum atomic E-state index is 0. The smallest absolute Gasteiger partial charge is 0.220 e. The SMILES string of the molecule is CC(CN1CCN(c2ccccn2)CC1)NC(=O)C[C@@H]1CCC[C@H]1N.Cl.Cl. The fourth-order valence-electron chi connectivity index (χ4n) is 4.02. The summed E-state index contributed by atoms with van der Waals surface area (Å²) in [7, 11) is 0. The van der Waals surface area contributed by atoms with Gasteiger partial charge in [-0.1, -0.05) is 12.5 Å². The van der Waals surface area contributed by atoms with Gasteiger partial charge in [-0.05, 0) is 37.8 Å². The highest BCUT2D eigenvalue weighted by molar-refractivity contribution is 5.85. The van der Waals surface area contributed by atoms with Crippen LogP contribution in [0.5, 0.6) is 0 Å². The molecule has 1 aliphatic heterocycles. The number of piperazine rings is 1. The Balaban J connectivity index is 0.00000182. The van der Waals surface area contributed by atoms with Gasteiger partial charge in [0.15, 0.2) is 0 Å². The van der Waals surface area contributed by atoms with Crippen LogP contribution in [0.1, 0.15) is 32.6 Å². The quantitative estimate of drug-likeness (QED) is 0.740. The third-order valence-corrected chi connectivity index (χ3v) is 5.45. The van der Waals surface area contributed by atoms with Crippen molar-refractivity contribution < 1.29 is 4.79 Å². The number of hydrogen-bond donors (Lipinski definition) is 2. The van der Waals surface area contributed by atoms with Crippen LogP contribution in [0.4, 0.5) is 5.82 Å². The van der Waals surface area contributed by atoms with Gasteiger partial charge >= 0.3 is 0 Å². The van der Waals surface area contributed by atoms with Gasteiger partial charge in [0.25, 0.3) is 0 Å². The standard InChI is InChI=1S/C19H31N5O.2ClH/c1-15(22-19(25)13-16-5-4-6-17(16)20)14-23-9-11-24(12-10-23)18-7-2-3-8-21-18;;/h2-3,7-8,15-17H,4-6,9-14,20H2,1H3,(H,22,25);2*1H/t15?,16-,17+;;/m0../s1. The first-order valence-corrected chi connectivity index (χ1v) is 9.55. The van der Waals surface area contributed by atoms with Crippen LogP contribution in [0, 0.1) is 5.92 Å². The number of carbonyl (C=O) groups is 1. The molecule has 3 N–H and O–H groups in total. The highest BCUT2D eigenvalue weighted by atomic mass is 35.5. The van der Waals surface area contributed by atoms with E-state index < -0.39 is 0 Å². The van der Waals surface area contributed by atoms with Gasteiger partial charge in [-0.2, -0.15) is 0 Å². The molecule has 8 heteroatoms. The maximum Gasteiger partial charge on any atom is 0.220 e. The Bertz CT molecular complexity index is 554. The van der Waals surface area contributed by atoms with Crippen LogP contribution in [-0.4, -0.2) is 60.6 Å². The van der Waals surface area contributed by atoms with Crippen LogP contribution < -0.4 is 16.0 Å². The van der Waals surface area contributed by atoms with Crippen molar-refractivity contribution in [2.45, 2.75) is 44.7 Å². The predicted octanol–water partition coefficient (Wildman–Crippen LogP) is 2.07. The van der Waals surface area contributed by atoms with Crippen LogP contribution in [0.2, 0.25) is 0 Å². The number of anilines is 1. The van der Waals surface area contributed by atoms with Crippen LogP contribution >= 0.6 is 24.8 Å². The van der Waals surface area contributed by atoms with Gasteiger partial charge in [-0.25, -0.2) is 4.98 Å². The zero-order valence-electron chi connectivity index (χ0n) is 16.0. The van der Waals surface area contributed by atoms with Gasteiger partial charge in [0.1, 0.15) is 5.82 Å². The molecule has 1 amide bonds. The molecule has 154 valence electrons. The van der Waals surface area contributed by atoms with Crippen molar-refractivity contribution in [2.24, 2.45) is 11.7 Å². The molecule has 6 nitrogen and oxygen atoms in total. The number of halogens is 2. The van der Waals surface area contributed by atoms with E-state index in [-0.39, 0.29) is 42.8 Å². The molecule has 2 aliphatic rings. The number of nitrogens with one attached hydrogen (secondary N) is 1. The summed E-state index contributed by atoms with van der Waals surface area (Å²) in [4.78, 5) is 21.4. The van der Waals surface area contributed by atoms with E-state index in [2.05, 4.69) is 33.1 Å². The van der Waals surface area contributed by atoms with Crippen molar-refractivity contribution in [1.82, 2.24) is 15.2 Å². The molecule has 2 fully saturated rings. The van der Waals surface area contributed by atoms with Gasteiger partial charge in [-0.15, -0.1) is 24.8 Å². The zero-order chi connectivity index (χ0) is 17.6. The normalized spacial score (nSPS) is 23.9. The Morgan fingerprint density at radius 1 is 1.26 bits per heavy atom. The lowest BCUT2D eigenvalue weighted by Gasteiger charge is -2.36. The molecular weight excluding hydrogens is 385 g/mol. The monoisotopic (exact) mass is 417 g/mol. The van der Waals surface area contributed by atoms with Crippen molar-refractivity contribution in [3.8, 4) is 0 Å². The van der Waals surface area contributed by atoms with E-state index in [0.717, 1.165) is 57.8 Å². The summed E-state index contributed by atoms with van der Waals surface area (Å²) >= 11 is 0. The first-order valence-electron chi connectivity index (χ1n) is 9.55. The molecular formula is C19H33Cl2N5O. The average Bonchev–Trinajstić information content (AvgIpc) is 3.01. The van der Waals surface area contributed by atoms with Crippen molar-refractivity contribution in [3.05, 3.63) is 24.4 Å². The van der Waals surface area contributed by atoms with E-state index >= 15 is 0 Å². The predicted molar refractivity (Wildman–Crippen MR) is 115 cm³/mol. The molecule has 3 rings (SSSR count). The van der Waals surface area contributed by atoms with E-state index in [1.165, 1.54) is 0 Å². The summed E-state index contributed by atoms with van der Waals surface area (Å²) in [6.45, 7) is 6.97. The lowest BCUT2D eigenvalue weighted by Crippen LogP contribution is -2.51. The number of nitrogens with two attached hydrogens (primary N) is 1. The third-order valence-electron chi connectivity index (χ3n) is 5.45. The second kappa shape index (κ2) is 11.7. The van der Waals surface area contributed by atoms with Gasteiger partial charge in [-0.3, -0.25) is 9.69 Å². The van der Waals surface area contributed by atoms with Crippen LogP contribution in [0.25, 0.3) is 0 Å². The zero-order valence-corrected chi connectivity index (χ0v) is 17.7. The Hall–Kier alpha value is -1.08. The van der Waals surface area contributed by atoms with E-state index in [9.17, 15) is 4.79 Å². The van der Waals surface area contributed by atoms with Crippen LogP contribution in [0.3, 0.4) is 0 Å². The van der Waals surface area contributed by atoms with Gasteiger partial charge < -0.3 is 16.0 Å². The van der Waals surface area contributed by atoms with Crippen molar-refractivity contribution in [2.75, 3.05) is 37.6 Å². The number of amides is 1. The molecule has 1 saturated heterocycles. The number of carbonyl (C=O) groups excluding carboxylic acids is 1. The molecule has 0 aromatic carbocycles. The molecule has 1 saturated carbocycles. The highest BCUT2D eigenvalue weighted by Crippen LogP contribution is 2.26. The fraction of sp³-hybridized carbons (Fsp3) is 0.684. The first-order chi connectivity index (χ1) is 12.1. The Labute approximate surface area is 175 Å². The Morgan fingerprint density at radius 2 is 2.00 bits per heavy atom. The number of hydrogen-bond acceptors (Lipinski definition) is 5. The van der Waals surface area contributed by atoms with E-state index in [4.69, 9.17) is 5.73 Å². The summed E-state index contributed by atoms with van der Waals surface area (Å²) in [6.07, 6.45) is 5.75. The van der Waals surface area contributed by atoms with Gasteiger partial charge in [0, 0.05) is 57.4 Å². The maximum atomic E-state index is 12.2. The van der Waals surface area contributed by atoms with E-state index in [1.54, 1.807) is 0 Å². The Morgan fingerprint density at radius 3 is 2.59 bits per heavy atom. The lowest BCUT2D eigenvalue weighted by molar-refractivity contribution is -0.122. The van der Waals surface area contributed by atoms with Crippen LogP contribution in [0.15, 0.2) is 24.4 Å². The number of aromatic nitrogens is 1. The first kappa shape index (κ1) is 24.0. The molecule has 0 bridgehead atoms. The topological polar surface area (TPSA) is 74.5 Å². The molecule has 1 unspecified atom stereocenters. The van der Waals surface area contributed by atoms with Crippen LogP contribution in [-0.2, 0) is 4.79 Å². The molecule has 1 aromatic heterocycles. The third kappa shape index (κ3) is 7.11. The molecule has 0 spiro atoms. The maximum absolute atomic E-state index is 12.2. The molecule has 1 aliphatic carbocycles. The second-order valence-corrected chi connectivity index (χ2v) is 7.50. The van der Waals surface area contributed by atoms with Gasteiger partial charge in [0.05, 0.1) is 0 Å². The number of nitrogens with zero attached hydrogens (tertiary/aromatic N) is 3. The Kier molecular flexibility index (Phi) is 10.4. The summed E-state index contributed by atoms with van der Waals surface area (Å²) < 4.78 is 0. The van der Waals surface area contributed by atoms with Gasteiger partial charge in [0.2, 0.25) is 5.91 Å². The minimum absolute atomic E-state index is 0. The van der Waals surface area contributed by atoms with E-state index in [0.29, 0.717) is 12.3 Å². The largest absolute Gasteiger partial charge is 0.354 e. The van der Waals surface area contributed by atoms with Crippen molar-refractivity contribution >= 4 is 36.5 Å². The molecule has 27 heavy (non-hydrogen) atoms. The molecule has 0 radical (unpaired) electrons. The molecule has 1 aromatic rings. The second-order valence-electron chi connectivity index (χ2n) is 7.50. The van der Waals surface area contributed by atoms with Crippen molar-refractivity contribution in [3.63, 3.8) is 0 Å². The molecule has 2 heterocycles. The number of pyridine rings is 1. The lowest BCUT2D eigenvalue weighted by atomic mass is 10.00. The summed E-state index contributed by atoms with van der Waals surface area (Å²) in [5.41, 5.74) is 6.07. The van der Waals surface area contributed by atoms with E-state index in [1.807, 2.05) is 18.3 Å². The average molecular weight is 418 g/mol. The number of rotatable bonds is 6. The summed E-state index contributed by atoms with van der Waals surface area (Å²) in [6, 6.07) is 6.42. The van der Waals surface area contributed by atoms with Crippen molar-refractivity contribution in [1.29, 1.82) is 0 Å². The summed E-state index contributed by atoms with van der Waals surface area (Å²) in [5.74, 6) is 1.58.